The molecule has 2 aromatic heterocycles. The molecule has 0 aromatic carbocycles. The van der Waals surface area contributed by atoms with Gasteiger partial charge in [-0.2, -0.15) is 5.10 Å². The van der Waals surface area contributed by atoms with Gasteiger partial charge in [-0.3, -0.25) is 0 Å². The third-order valence-electron chi connectivity index (χ3n) is 2.58. The van der Waals surface area contributed by atoms with Gasteiger partial charge in [-0.25, -0.2) is 13.9 Å². The van der Waals surface area contributed by atoms with Gasteiger partial charge in [0.15, 0.2) is 21.8 Å². The molecule has 7 heteroatoms. The molecule has 0 aliphatic rings. The number of hydrogen-bond donors (Lipinski definition) is 1. The van der Waals surface area contributed by atoms with E-state index in [9.17, 15) is 4.39 Å². The highest BCUT2D eigenvalue weighted by molar-refractivity contribution is 6.33. The van der Waals surface area contributed by atoms with E-state index in [1.807, 2.05) is 14.0 Å². The van der Waals surface area contributed by atoms with Gasteiger partial charge in [0.25, 0.3) is 0 Å². The number of aromatic nitrogens is 3. The summed E-state index contributed by atoms with van der Waals surface area (Å²) in [6.45, 7) is 2.02. The second-order valence-corrected chi connectivity index (χ2v) is 4.31. The largest absolute Gasteiger partial charge is 0.312 e. The zero-order chi connectivity index (χ0) is 12.6. The number of fused-ring (bicyclic) bond motifs is 1. The van der Waals surface area contributed by atoms with Crippen LogP contribution in [-0.2, 0) is 0 Å². The van der Waals surface area contributed by atoms with Gasteiger partial charge in [-0.1, -0.05) is 30.1 Å². The van der Waals surface area contributed by atoms with Crippen LogP contribution < -0.4 is 5.32 Å². The van der Waals surface area contributed by atoms with Crippen molar-refractivity contribution in [3.8, 4) is 0 Å². The van der Waals surface area contributed by atoms with Gasteiger partial charge in [-0.15, -0.1) is 0 Å². The predicted molar refractivity (Wildman–Crippen MR) is 65.1 cm³/mol. The molecule has 4 nitrogen and oxygen atoms in total. The first-order valence-corrected chi connectivity index (χ1v) is 5.91. The van der Waals surface area contributed by atoms with E-state index in [-0.39, 0.29) is 16.3 Å². The monoisotopic (exact) mass is 276 g/mol. The fourth-order valence-electron chi connectivity index (χ4n) is 1.67. The van der Waals surface area contributed by atoms with Crippen LogP contribution in [0.25, 0.3) is 5.65 Å². The Labute approximate surface area is 108 Å². The van der Waals surface area contributed by atoms with Crippen LogP contribution >= 0.6 is 23.2 Å². The van der Waals surface area contributed by atoms with Crippen molar-refractivity contribution >= 4 is 28.8 Å². The lowest BCUT2D eigenvalue weighted by atomic mass is 10.1. The lowest BCUT2D eigenvalue weighted by Gasteiger charge is -2.09. The summed E-state index contributed by atoms with van der Waals surface area (Å²) in [6, 6.07) is 1.82. The van der Waals surface area contributed by atoms with Gasteiger partial charge in [0.1, 0.15) is 0 Å². The third kappa shape index (κ3) is 2.10. The summed E-state index contributed by atoms with van der Waals surface area (Å²) in [5, 5.41) is 6.92. The van der Waals surface area contributed by atoms with Gasteiger partial charge in [0.05, 0.1) is 11.7 Å². The Morgan fingerprint density at radius 3 is 2.82 bits per heavy atom. The van der Waals surface area contributed by atoms with Gasteiger partial charge < -0.3 is 5.32 Å². The van der Waals surface area contributed by atoms with Crippen LogP contribution in [0.3, 0.4) is 0 Å². The van der Waals surface area contributed by atoms with Crippen LogP contribution in [0.4, 0.5) is 4.39 Å². The SMILES string of the molecule is CCC(NC)c1cc2nc(Cl)c(F)c(Cl)n2n1. The van der Waals surface area contributed by atoms with E-state index in [0.717, 1.165) is 12.1 Å². The number of halogens is 3. The minimum absolute atomic E-state index is 0.0783. The third-order valence-corrected chi connectivity index (χ3v) is 3.16. The summed E-state index contributed by atoms with van der Waals surface area (Å²) < 4.78 is 14.7. The maximum atomic E-state index is 13.4. The van der Waals surface area contributed by atoms with E-state index in [4.69, 9.17) is 23.2 Å². The van der Waals surface area contributed by atoms with Crippen LogP contribution in [0, 0.1) is 5.82 Å². The Kier molecular flexibility index (Phi) is 3.51. The molecule has 2 rings (SSSR count). The van der Waals surface area contributed by atoms with E-state index < -0.39 is 5.82 Å². The molecule has 0 spiro atoms. The van der Waals surface area contributed by atoms with Crippen LogP contribution in [0.1, 0.15) is 25.1 Å². The molecule has 0 saturated carbocycles. The van der Waals surface area contributed by atoms with Crippen LogP contribution in [0.2, 0.25) is 10.3 Å². The second-order valence-electron chi connectivity index (χ2n) is 3.60. The van der Waals surface area contributed by atoms with Crippen molar-refractivity contribution in [3.63, 3.8) is 0 Å². The van der Waals surface area contributed by atoms with Gasteiger partial charge in [-0.05, 0) is 13.5 Å². The molecule has 0 bridgehead atoms. The quantitative estimate of drug-likeness (QED) is 0.877. The summed E-state index contributed by atoms with van der Waals surface area (Å²) in [6.07, 6.45) is 0.855. The summed E-state index contributed by atoms with van der Waals surface area (Å²) in [7, 11) is 1.83. The minimum Gasteiger partial charge on any atom is -0.312 e. The zero-order valence-corrected chi connectivity index (χ0v) is 10.8. The molecule has 0 saturated heterocycles. The Hall–Kier alpha value is -0.910. The van der Waals surface area contributed by atoms with Gasteiger partial charge in [0, 0.05) is 6.07 Å². The van der Waals surface area contributed by atoms with Gasteiger partial charge in [0.2, 0.25) is 0 Å². The molecule has 2 heterocycles. The highest BCUT2D eigenvalue weighted by Crippen LogP contribution is 2.24. The van der Waals surface area contributed by atoms with E-state index in [1.54, 1.807) is 6.07 Å². The molecule has 1 unspecified atom stereocenters. The summed E-state index contributed by atoms with van der Waals surface area (Å²) in [5.41, 5.74) is 1.19. The van der Waals surface area contributed by atoms with Crippen LogP contribution in [0.5, 0.6) is 0 Å². The Morgan fingerprint density at radius 2 is 2.24 bits per heavy atom. The first kappa shape index (κ1) is 12.5. The number of nitrogens with zero attached hydrogens (tertiary/aromatic N) is 3. The molecule has 0 aliphatic heterocycles. The number of rotatable bonds is 3. The molecule has 17 heavy (non-hydrogen) atoms. The van der Waals surface area contributed by atoms with E-state index in [0.29, 0.717) is 5.65 Å². The second kappa shape index (κ2) is 4.76. The lowest BCUT2D eigenvalue weighted by molar-refractivity contribution is 0.554. The van der Waals surface area contributed by atoms with Crippen LogP contribution in [-0.4, -0.2) is 21.6 Å². The maximum Gasteiger partial charge on any atom is 0.197 e. The Bertz CT molecular complexity index is 551. The normalized spacial score (nSPS) is 13.2. The van der Waals surface area contributed by atoms with Crippen molar-refractivity contribution in [3.05, 3.63) is 27.9 Å². The molecule has 1 atom stereocenters. The topological polar surface area (TPSA) is 42.2 Å². The smallest absolute Gasteiger partial charge is 0.197 e. The average Bonchev–Trinajstić information content (AvgIpc) is 2.72. The highest BCUT2D eigenvalue weighted by atomic mass is 35.5. The molecular weight excluding hydrogens is 266 g/mol. The molecule has 0 fully saturated rings. The van der Waals surface area contributed by atoms with Crippen molar-refractivity contribution < 1.29 is 4.39 Å². The van der Waals surface area contributed by atoms with E-state index in [2.05, 4.69) is 15.4 Å². The molecule has 2 aromatic rings. The molecule has 0 radical (unpaired) electrons. The van der Waals surface area contributed by atoms with Crippen molar-refractivity contribution in [1.29, 1.82) is 0 Å². The number of nitrogens with one attached hydrogen (secondary N) is 1. The molecule has 1 N–H and O–H groups in total. The predicted octanol–water partition coefficient (Wildman–Crippen LogP) is 2.85. The first-order valence-electron chi connectivity index (χ1n) is 5.16. The first-order chi connectivity index (χ1) is 8.08. The van der Waals surface area contributed by atoms with Crippen molar-refractivity contribution in [2.24, 2.45) is 0 Å². The minimum atomic E-state index is -0.756. The van der Waals surface area contributed by atoms with E-state index >= 15 is 0 Å². The van der Waals surface area contributed by atoms with Crippen molar-refractivity contribution in [1.82, 2.24) is 19.9 Å². The van der Waals surface area contributed by atoms with Crippen molar-refractivity contribution in [2.75, 3.05) is 7.05 Å². The summed E-state index contributed by atoms with van der Waals surface area (Å²) >= 11 is 11.4. The Morgan fingerprint density at radius 1 is 1.53 bits per heavy atom. The zero-order valence-electron chi connectivity index (χ0n) is 9.34. The van der Waals surface area contributed by atoms with Crippen molar-refractivity contribution in [2.45, 2.75) is 19.4 Å². The molecular formula is C10H11Cl2FN4. The highest BCUT2D eigenvalue weighted by Gasteiger charge is 2.17. The fourth-order valence-corrected chi connectivity index (χ4v) is 2.11. The van der Waals surface area contributed by atoms with Crippen LogP contribution in [0.15, 0.2) is 6.07 Å². The molecule has 92 valence electrons. The fraction of sp³-hybridized carbons (Fsp3) is 0.400. The summed E-state index contributed by atoms with van der Waals surface area (Å²) in [5.74, 6) is -0.756. The Balaban J connectivity index is 2.61. The molecule has 0 amide bonds. The summed E-state index contributed by atoms with van der Waals surface area (Å²) in [4.78, 5) is 3.89. The average molecular weight is 277 g/mol. The van der Waals surface area contributed by atoms with E-state index in [1.165, 1.54) is 4.52 Å². The molecule has 0 aliphatic carbocycles. The standard InChI is InChI=1S/C10H11Cl2FN4/c1-3-5(14-2)6-4-7-15-9(11)8(13)10(12)17(7)16-6/h4-5,14H,3H2,1-2H3. The lowest BCUT2D eigenvalue weighted by Crippen LogP contribution is -2.15. The number of hydrogen-bond acceptors (Lipinski definition) is 3. The van der Waals surface area contributed by atoms with Gasteiger partial charge >= 0.3 is 0 Å². The maximum absolute atomic E-state index is 13.4.